The van der Waals surface area contributed by atoms with Crippen LogP contribution < -0.4 is 10.1 Å². The molecule has 0 saturated heterocycles. The van der Waals surface area contributed by atoms with Crippen LogP contribution in [0.5, 0.6) is 5.75 Å². The number of ether oxygens (including phenoxy) is 2. The van der Waals surface area contributed by atoms with E-state index in [-0.39, 0.29) is 12.0 Å². The van der Waals surface area contributed by atoms with Gasteiger partial charge in [0.25, 0.3) is 0 Å². The third kappa shape index (κ3) is 6.93. The predicted octanol–water partition coefficient (Wildman–Crippen LogP) is 4.51. The molecule has 1 unspecified atom stereocenters. The van der Waals surface area contributed by atoms with Crippen LogP contribution >= 0.6 is 0 Å². The SMILES string of the molecule is CC(CC(=O)N[C@@H](COC(F)F)c1cccc(OC(F)(F)F)c1)C1(F)CC1. The lowest BCUT2D eigenvalue weighted by atomic mass is 9.99. The number of carbonyl (C=O) groups is 1. The van der Waals surface area contributed by atoms with Gasteiger partial charge >= 0.3 is 13.0 Å². The number of hydrogen-bond donors (Lipinski definition) is 1. The van der Waals surface area contributed by atoms with Crippen LogP contribution in [-0.2, 0) is 9.53 Å². The van der Waals surface area contributed by atoms with E-state index in [1.54, 1.807) is 6.92 Å². The highest BCUT2D eigenvalue weighted by molar-refractivity contribution is 5.77. The highest BCUT2D eigenvalue weighted by Gasteiger charge is 2.48. The van der Waals surface area contributed by atoms with Gasteiger partial charge in [-0.25, -0.2) is 4.39 Å². The summed E-state index contributed by atoms with van der Waals surface area (Å²) in [7, 11) is 0. The minimum Gasteiger partial charge on any atom is -0.406 e. The number of nitrogens with one attached hydrogen (secondary N) is 1. The van der Waals surface area contributed by atoms with Crippen LogP contribution in [0.15, 0.2) is 24.3 Å². The normalized spacial score (nSPS) is 18.1. The van der Waals surface area contributed by atoms with Crippen molar-refractivity contribution >= 4 is 5.91 Å². The Morgan fingerprint density at radius 3 is 2.52 bits per heavy atom. The second-order valence-electron chi connectivity index (χ2n) is 6.47. The first-order chi connectivity index (χ1) is 12.5. The molecule has 152 valence electrons. The van der Waals surface area contributed by atoms with Crippen LogP contribution in [0, 0.1) is 5.92 Å². The molecule has 10 heteroatoms. The summed E-state index contributed by atoms with van der Waals surface area (Å²) in [4.78, 5) is 12.1. The summed E-state index contributed by atoms with van der Waals surface area (Å²) in [5.74, 6) is -1.74. The zero-order valence-electron chi connectivity index (χ0n) is 14.4. The van der Waals surface area contributed by atoms with Gasteiger partial charge in [-0.3, -0.25) is 4.79 Å². The monoisotopic (exact) mass is 399 g/mol. The average molecular weight is 399 g/mol. The third-order valence-electron chi connectivity index (χ3n) is 4.32. The molecule has 1 fully saturated rings. The Morgan fingerprint density at radius 1 is 1.30 bits per heavy atom. The summed E-state index contributed by atoms with van der Waals surface area (Å²) in [6, 6.07) is 3.41. The molecule has 0 bridgehead atoms. The van der Waals surface area contributed by atoms with Crippen LogP contribution in [0.2, 0.25) is 0 Å². The number of carbonyl (C=O) groups excluding carboxylic acids is 1. The maximum absolute atomic E-state index is 14.0. The van der Waals surface area contributed by atoms with E-state index >= 15 is 0 Å². The molecule has 4 nitrogen and oxygen atoms in total. The predicted molar refractivity (Wildman–Crippen MR) is 82.8 cm³/mol. The van der Waals surface area contributed by atoms with E-state index in [1.807, 2.05) is 0 Å². The second-order valence-corrected chi connectivity index (χ2v) is 6.47. The van der Waals surface area contributed by atoms with E-state index in [1.165, 1.54) is 12.1 Å². The van der Waals surface area contributed by atoms with Gasteiger partial charge in [0, 0.05) is 6.42 Å². The van der Waals surface area contributed by atoms with Gasteiger partial charge in [-0.2, -0.15) is 8.78 Å². The molecule has 2 atom stereocenters. The molecular weight excluding hydrogens is 380 g/mol. The van der Waals surface area contributed by atoms with Crippen molar-refractivity contribution in [3.05, 3.63) is 29.8 Å². The molecule has 1 aromatic rings. The fourth-order valence-corrected chi connectivity index (χ4v) is 2.65. The maximum atomic E-state index is 14.0. The van der Waals surface area contributed by atoms with Gasteiger partial charge < -0.3 is 14.8 Å². The largest absolute Gasteiger partial charge is 0.573 e. The molecule has 2 rings (SSSR count). The van der Waals surface area contributed by atoms with Crippen LogP contribution in [0.3, 0.4) is 0 Å². The van der Waals surface area contributed by atoms with E-state index in [9.17, 15) is 31.1 Å². The molecule has 0 aromatic heterocycles. The van der Waals surface area contributed by atoms with Gasteiger partial charge in [0.15, 0.2) is 0 Å². The summed E-state index contributed by atoms with van der Waals surface area (Å²) in [5.41, 5.74) is -1.31. The zero-order chi connectivity index (χ0) is 20.2. The molecule has 1 aliphatic carbocycles. The molecule has 1 aromatic carbocycles. The fraction of sp³-hybridized carbons (Fsp3) is 0.588. The Bertz CT molecular complexity index is 648. The van der Waals surface area contributed by atoms with E-state index in [0.717, 1.165) is 12.1 Å². The zero-order valence-corrected chi connectivity index (χ0v) is 14.4. The van der Waals surface area contributed by atoms with E-state index < -0.39 is 48.9 Å². The number of rotatable bonds is 9. The molecule has 1 saturated carbocycles. The maximum Gasteiger partial charge on any atom is 0.573 e. The number of hydrogen-bond acceptors (Lipinski definition) is 3. The lowest BCUT2D eigenvalue weighted by Gasteiger charge is -2.22. The Balaban J connectivity index is 2.08. The van der Waals surface area contributed by atoms with Crippen molar-refractivity contribution in [2.24, 2.45) is 5.92 Å². The molecular formula is C17H19F6NO3. The van der Waals surface area contributed by atoms with Crippen LogP contribution in [0.4, 0.5) is 26.3 Å². The molecule has 1 amide bonds. The standard InChI is InChI=1S/C17H19F6NO3/c1-10(16(20)5-6-16)7-14(25)24-13(9-26-15(18)19)11-3-2-4-12(8-11)27-17(21,22)23/h2-4,8,10,13,15H,5-7,9H2,1H3,(H,24,25)/t10?,13-/m0/s1. The van der Waals surface area contributed by atoms with Gasteiger partial charge in [-0.15, -0.1) is 13.2 Å². The lowest BCUT2D eigenvalue weighted by Crippen LogP contribution is -2.34. The summed E-state index contributed by atoms with van der Waals surface area (Å²) in [6.45, 7) is -2.23. The quantitative estimate of drug-likeness (QED) is 0.622. The molecule has 1 aliphatic rings. The van der Waals surface area contributed by atoms with Crippen molar-refractivity contribution in [3.63, 3.8) is 0 Å². The number of amides is 1. The fourth-order valence-electron chi connectivity index (χ4n) is 2.65. The van der Waals surface area contributed by atoms with Crippen molar-refractivity contribution in [2.45, 2.75) is 50.9 Å². The van der Waals surface area contributed by atoms with Crippen molar-refractivity contribution in [1.29, 1.82) is 0 Å². The number of alkyl halides is 6. The smallest absolute Gasteiger partial charge is 0.406 e. The molecule has 1 N–H and O–H groups in total. The lowest BCUT2D eigenvalue weighted by molar-refractivity contribution is -0.274. The van der Waals surface area contributed by atoms with Gasteiger partial charge in [0.2, 0.25) is 5.91 Å². The summed E-state index contributed by atoms with van der Waals surface area (Å²) in [6.07, 6.45) is -4.39. The Kier molecular flexibility index (Phi) is 6.61. The summed E-state index contributed by atoms with van der Waals surface area (Å²) < 4.78 is 83.7. The van der Waals surface area contributed by atoms with Crippen molar-refractivity contribution in [1.82, 2.24) is 5.32 Å². The number of halogens is 6. The highest BCUT2D eigenvalue weighted by Crippen LogP contribution is 2.47. The Hall–Kier alpha value is -1.97. The number of benzene rings is 1. The van der Waals surface area contributed by atoms with Gasteiger partial charge in [0.05, 0.1) is 12.6 Å². The second kappa shape index (κ2) is 8.37. The first-order valence-electron chi connectivity index (χ1n) is 8.22. The van der Waals surface area contributed by atoms with Crippen molar-refractivity contribution < 1.29 is 40.6 Å². The van der Waals surface area contributed by atoms with Crippen molar-refractivity contribution in [3.8, 4) is 5.75 Å². The van der Waals surface area contributed by atoms with Gasteiger partial charge in [-0.1, -0.05) is 19.1 Å². The molecule has 27 heavy (non-hydrogen) atoms. The van der Waals surface area contributed by atoms with Crippen LogP contribution in [-0.4, -0.2) is 31.2 Å². The summed E-state index contributed by atoms with van der Waals surface area (Å²) in [5, 5.41) is 2.41. The Morgan fingerprint density at radius 2 is 1.96 bits per heavy atom. The minimum absolute atomic E-state index is 0.0831. The first-order valence-corrected chi connectivity index (χ1v) is 8.22. The van der Waals surface area contributed by atoms with Crippen molar-refractivity contribution in [2.75, 3.05) is 6.61 Å². The average Bonchev–Trinajstić information content (AvgIpc) is 3.29. The highest BCUT2D eigenvalue weighted by atomic mass is 19.4. The first kappa shape index (κ1) is 21.3. The van der Waals surface area contributed by atoms with Gasteiger partial charge in [-0.05, 0) is 36.5 Å². The molecule has 0 radical (unpaired) electrons. The molecule has 0 spiro atoms. The van der Waals surface area contributed by atoms with E-state index in [4.69, 9.17) is 0 Å². The third-order valence-corrected chi connectivity index (χ3v) is 4.32. The van der Waals surface area contributed by atoms with Crippen LogP contribution in [0.25, 0.3) is 0 Å². The van der Waals surface area contributed by atoms with E-state index in [0.29, 0.717) is 12.8 Å². The molecule has 0 heterocycles. The van der Waals surface area contributed by atoms with Crippen LogP contribution in [0.1, 0.15) is 37.8 Å². The Labute approximate surface area is 151 Å². The molecule has 0 aliphatic heterocycles. The van der Waals surface area contributed by atoms with Gasteiger partial charge in [0.1, 0.15) is 11.4 Å². The topological polar surface area (TPSA) is 47.6 Å². The summed E-state index contributed by atoms with van der Waals surface area (Å²) >= 11 is 0. The minimum atomic E-state index is -4.92. The van der Waals surface area contributed by atoms with E-state index in [2.05, 4.69) is 14.8 Å².